The summed E-state index contributed by atoms with van der Waals surface area (Å²) in [4.78, 5) is 11.1. The Labute approximate surface area is 71.2 Å². The van der Waals surface area contributed by atoms with Gasteiger partial charge >= 0.3 is 5.97 Å². The molecule has 0 atom stereocenters. The molecule has 0 amide bonds. The Kier molecular flexibility index (Phi) is 1.43. The van der Waals surface area contributed by atoms with E-state index in [0.717, 1.165) is 11.1 Å². The molecule has 1 aromatic carbocycles. The molecule has 0 aliphatic carbocycles. The number of hydrogen-bond acceptors (Lipinski definition) is 2. The van der Waals surface area contributed by atoms with E-state index < -0.39 is 0 Å². The first-order valence-electron chi connectivity index (χ1n) is 3.96. The molecule has 0 saturated heterocycles. The summed E-state index contributed by atoms with van der Waals surface area (Å²) < 4.78 is 4.92. The van der Waals surface area contributed by atoms with Crippen molar-refractivity contribution in [1.82, 2.24) is 0 Å². The number of esters is 1. The Morgan fingerprint density at radius 3 is 2.83 bits per heavy atom. The van der Waals surface area contributed by atoms with Crippen LogP contribution in [-0.2, 0) is 11.3 Å². The van der Waals surface area contributed by atoms with Crippen LogP contribution in [0.5, 0.6) is 0 Å². The maximum Gasteiger partial charge on any atom is 0.338 e. The number of hydrogen-bond donors (Lipinski definition) is 0. The van der Waals surface area contributed by atoms with E-state index in [1.165, 1.54) is 11.1 Å². The number of ether oxygens (including phenoxy) is 1. The van der Waals surface area contributed by atoms with Crippen LogP contribution < -0.4 is 0 Å². The molecule has 0 N–H and O–H groups in total. The third-order valence-corrected chi connectivity index (χ3v) is 2.44. The molecule has 0 spiro atoms. The maximum atomic E-state index is 11.1. The first kappa shape index (κ1) is 7.35. The van der Waals surface area contributed by atoms with Gasteiger partial charge in [0.2, 0.25) is 0 Å². The van der Waals surface area contributed by atoms with Crippen LogP contribution in [0, 0.1) is 13.8 Å². The zero-order chi connectivity index (χ0) is 8.72. The molecular formula is C10H10O2. The number of carbonyl (C=O) groups excluding carboxylic acids is 1. The van der Waals surface area contributed by atoms with Crippen LogP contribution >= 0.6 is 0 Å². The highest BCUT2D eigenvalue weighted by Crippen LogP contribution is 2.24. The monoisotopic (exact) mass is 162 g/mol. The van der Waals surface area contributed by atoms with Gasteiger partial charge in [0.05, 0.1) is 5.56 Å². The summed E-state index contributed by atoms with van der Waals surface area (Å²) in [7, 11) is 0. The molecule has 0 aromatic heterocycles. The van der Waals surface area contributed by atoms with Gasteiger partial charge in [0.25, 0.3) is 0 Å². The van der Waals surface area contributed by atoms with E-state index in [4.69, 9.17) is 4.74 Å². The van der Waals surface area contributed by atoms with Crippen molar-refractivity contribution in [2.24, 2.45) is 0 Å². The molecule has 1 aliphatic heterocycles. The van der Waals surface area contributed by atoms with Gasteiger partial charge in [0, 0.05) is 5.56 Å². The third-order valence-electron chi connectivity index (χ3n) is 2.44. The normalized spacial score (nSPS) is 14.3. The van der Waals surface area contributed by atoms with Crippen LogP contribution in [-0.4, -0.2) is 5.97 Å². The lowest BCUT2D eigenvalue weighted by molar-refractivity contribution is 0.0535. The lowest BCUT2D eigenvalue weighted by Crippen LogP contribution is -1.94. The van der Waals surface area contributed by atoms with Crippen molar-refractivity contribution in [3.8, 4) is 0 Å². The number of benzene rings is 1. The second kappa shape index (κ2) is 2.34. The van der Waals surface area contributed by atoms with Gasteiger partial charge in [-0.3, -0.25) is 0 Å². The van der Waals surface area contributed by atoms with E-state index in [2.05, 4.69) is 0 Å². The van der Waals surface area contributed by atoms with Gasteiger partial charge in [-0.05, 0) is 31.0 Å². The molecule has 1 aliphatic rings. The van der Waals surface area contributed by atoms with Crippen molar-refractivity contribution in [3.05, 3.63) is 34.4 Å². The minimum atomic E-state index is -0.187. The van der Waals surface area contributed by atoms with Crippen molar-refractivity contribution in [3.63, 3.8) is 0 Å². The smallest absolute Gasteiger partial charge is 0.338 e. The molecule has 1 aromatic rings. The molecule has 0 fully saturated rings. The number of rotatable bonds is 0. The summed E-state index contributed by atoms with van der Waals surface area (Å²) in [6.45, 7) is 4.51. The largest absolute Gasteiger partial charge is 0.457 e. The summed E-state index contributed by atoms with van der Waals surface area (Å²) in [6.07, 6.45) is 0. The Morgan fingerprint density at radius 1 is 1.33 bits per heavy atom. The Balaban J connectivity index is 2.68. The van der Waals surface area contributed by atoms with Gasteiger partial charge in [0.1, 0.15) is 6.61 Å². The van der Waals surface area contributed by atoms with Gasteiger partial charge in [-0.2, -0.15) is 0 Å². The molecule has 2 heteroatoms. The van der Waals surface area contributed by atoms with E-state index in [1.807, 2.05) is 26.0 Å². The number of aryl methyl sites for hydroxylation is 1. The van der Waals surface area contributed by atoms with E-state index >= 15 is 0 Å². The minimum absolute atomic E-state index is 0.187. The van der Waals surface area contributed by atoms with Crippen molar-refractivity contribution in [2.45, 2.75) is 20.5 Å². The lowest BCUT2D eigenvalue weighted by Gasteiger charge is -2.02. The average Bonchev–Trinajstić information content (AvgIpc) is 2.41. The van der Waals surface area contributed by atoms with Gasteiger partial charge in [0.15, 0.2) is 0 Å². The molecule has 12 heavy (non-hydrogen) atoms. The fraction of sp³-hybridized carbons (Fsp3) is 0.300. The number of fused-ring (bicyclic) bond motifs is 1. The summed E-state index contributed by atoms with van der Waals surface area (Å²) in [5.74, 6) is -0.187. The Hall–Kier alpha value is -1.31. The number of cyclic esters (lactones) is 1. The van der Waals surface area contributed by atoms with Crippen LogP contribution in [0.25, 0.3) is 0 Å². The van der Waals surface area contributed by atoms with Crippen LogP contribution in [0.3, 0.4) is 0 Å². The second-order valence-electron chi connectivity index (χ2n) is 3.11. The number of carbonyl (C=O) groups is 1. The van der Waals surface area contributed by atoms with Gasteiger partial charge < -0.3 is 4.74 Å². The molecule has 1 heterocycles. The topological polar surface area (TPSA) is 26.3 Å². The Morgan fingerprint density at radius 2 is 2.08 bits per heavy atom. The molecular weight excluding hydrogens is 152 g/mol. The lowest BCUT2D eigenvalue weighted by atomic mass is 10.00. The fourth-order valence-electron chi connectivity index (χ4n) is 1.47. The first-order valence-corrected chi connectivity index (χ1v) is 3.96. The zero-order valence-electron chi connectivity index (χ0n) is 7.18. The maximum absolute atomic E-state index is 11.1. The summed E-state index contributed by atoms with van der Waals surface area (Å²) in [5, 5.41) is 0. The average molecular weight is 162 g/mol. The van der Waals surface area contributed by atoms with Crippen LogP contribution in [0.4, 0.5) is 0 Å². The highest BCUT2D eigenvalue weighted by molar-refractivity contribution is 5.93. The van der Waals surface area contributed by atoms with Crippen molar-refractivity contribution < 1.29 is 9.53 Å². The minimum Gasteiger partial charge on any atom is -0.457 e. The quantitative estimate of drug-likeness (QED) is 0.545. The van der Waals surface area contributed by atoms with Gasteiger partial charge in [-0.1, -0.05) is 6.07 Å². The molecule has 0 bridgehead atoms. The molecule has 2 rings (SSSR count). The molecule has 0 radical (unpaired) electrons. The van der Waals surface area contributed by atoms with Crippen molar-refractivity contribution >= 4 is 5.97 Å². The summed E-state index contributed by atoms with van der Waals surface area (Å²) in [6, 6.07) is 3.80. The predicted molar refractivity (Wildman–Crippen MR) is 45.0 cm³/mol. The fourth-order valence-corrected chi connectivity index (χ4v) is 1.47. The molecule has 0 unspecified atom stereocenters. The predicted octanol–water partition coefficient (Wildman–Crippen LogP) is 1.97. The standard InChI is InChI=1S/C10H10O2/c1-6-3-4-8-9(7(6)2)5-12-10(8)11/h3-4H,5H2,1-2H3. The van der Waals surface area contributed by atoms with E-state index in [0.29, 0.717) is 6.61 Å². The Bertz CT molecular complexity index is 353. The first-order chi connectivity index (χ1) is 5.70. The summed E-state index contributed by atoms with van der Waals surface area (Å²) >= 11 is 0. The van der Waals surface area contributed by atoms with Crippen LogP contribution in [0.2, 0.25) is 0 Å². The highest BCUT2D eigenvalue weighted by atomic mass is 16.5. The van der Waals surface area contributed by atoms with Crippen molar-refractivity contribution in [1.29, 1.82) is 0 Å². The second-order valence-corrected chi connectivity index (χ2v) is 3.11. The van der Waals surface area contributed by atoms with Crippen LogP contribution in [0.15, 0.2) is 12.1 Å². The van der Waals surface area contributed by atoms with Gasteiger partial charge in [-0.25, -0.2) is 4.79 Å². The third kappa shape index (κ3) is 0.843. The molecule has 62 valence electrons. The SMILES string of the molecule is Cc1ccc2c(c1C)COC2=O. The highest BCUT2D eigenvalue weighted by Gasteiger charge is 2.22. The molecule has 0 saturated carbocycles. The van der Waals surface area contributed by atoms with E-state index in [1.54, 1.807) is 0 Å². The van der Waals surface area contributed by atoms with Crippen molar-refractivity contribution in [2.75, 3.05) is 0 Å². The summed E-state index contributed by atoms with van der Waals surface area (Å²) in [5.41, 5.74) is 4.18. The zero-order valence-corrected chi connectivity index (χ0v) is 7.18. The van der Waals surface area contributed by atoms with E-state index in [-0.39, 0.29) is 5.97 Å². The van der Waals surface area contributed by atoms with Crippen LogP contribution in [0.1, 0.15) is 27.0 Å². The molecule has 2 nitrogen and oxygen atoms in total. The van der Waals surface area contributed by atoms with Gasteiger partial charge in [-0.15, -0.1) is 0 Å². The van der Waals surface area contributed by atoms with E-state index in [9.17, 15) is 4.79 Å².